The van der Waals surface area contributed by atoms with Crippen molar-refractivity contribution in [2.75, 3.05) is 13.2 Å². The van der Waals surface area contributed by atoms with Crippen LogP contribution in [-0.4, -0.2) is 29.3 Å². The van der Waals surface area contributed by atoms with Crippen LogP contribution in [0, 0.1) is 19.7 Å². The number of aryl methyl sites for hydroxylation is 2. The first-order valence-electron chi connectivity index (χ1n) is 9.38. The minimum absolute atomic E-state index is 0.230. The summed E-state index contributed by atoms with van der Waals surface area (Å²) in [6.07, 6.45) is -0.624. The summed E-state index contributed by atoms with van der Waals surface area (Å²) < 4.78 is 19.0. The molecule has 0 saturated heterocycles. The zero-order chi connectivity index (χ0) is 19.9. The lowest BCUT2D eigenvalue weighted by Gasteiger charge is -2.25. The van der Waals surface area contributed by atoms with Crippen molar-refractivity contribution < 1.29 is 14.2 Å². The normalized spacial score (nSPS) is 12.3. The van der Waals surface area contributed by atoms with Crippen LogP contribution >= 0.6 is 11.3 Å². The smallest absolute Gasteiger partial charge is 0.123 e. The van der Waals surface area contributed by atoms with Crippen LogP contribution in [0.25, 0.3) is 0 Å². The number of benzene rings is 2. The summed E-state index contributed by atoms with van der Waals surface area (Å²) in [5.41, 5.74) is 2.06. The van der Waals surface area contributed by atoms with E-state index in [0.29, 0.717) is 13.1 Å². The molecular weight excluding hydrogens is 373 g/mol. The van der Waals surface area contributed by atoms with Crippen molar-refractivity contribution in [3.05, 3.63) is 87.4 Å². The van der Waals surface area contributed by atoms with Gasteiger partial charge >= 0.3 is 0 Å². The Morgan fingerprint density at radius 1 is 1.00 bits per heavy atom. The fourth-order valence-electron chi connectivity index (χ4n) is 3.08. The van der Waals surface area contributed by atoms with E-state index in [1.165, 1.54) is 21.9 Å². The van der Waals surface area contributed by atoms with Gasteiger partial charge in [-0.15, -0.1) is 11.3 Å². The Hall–Kier alpha value is -2.21. The molecule has 1 N–H and O–H groups in total. The molecule has 2 aromatic carbocycles. The van der Waals surface area contributed by atoms with Crippen LogP contribution < -0.4 is 4.74 Å². The molecule has 148 valence electrons. The van der Waals surface area contributed by atoms with Crippen LogP contribution in [0.1, 0.15) is 20.9 Å². The first kappa shape index (κ1) is 20.5. The van der Waals surface area contributed by atoms with Gasteiger partial charge in [-0.3, -0.25) is 4.90 Å². The SMILES string of the molecule is Cc1ccc(CN(Cc2ccc(F)cc2)C[C@@H](O)COc2ccccc2C)s1. The van der Waals surface area contributed by atoms with Crippen molar-refractivity contribution >= 4 is 11.3 Å². The largest absolute Gasteiger partial charge is 0.491 e. The van der Waals surface area contributed by atoms with E-state index in [0.717, 1.165) is 23.4 Å². The quantitative estimate of drug-likeness (QED) is 0.553. The minimum atomic E-state index is -0.624. The van der Waals surface area contributed by atoms with Gasteiger partial charge in [0.15, 0.2) is 0 Å². The number of hydrogen-bond acceptors (Lipinski definition) is 4. The lowest BCUT2D eigenvalue weighted by atomic mass is 10.2. The maximum absolute atomic E-state index is 13.2. The van der Waals surface area contributed by atoms with Crippen LogP contribution in [0.3, 0.4) is 0 Å². The molecule has 1 atom stereocenters. The summed E-state index contributed by atoms with van der Waals surface area (Å²) in [6, 6.07) is 18.5. The van der Waals surface area contributed by atoms with Crippen LogP contribution in [0.4, 0.5) is 4.39 Å². The summed E-state index contributed by atoms with van der Waals surface area (Å²) >= 11 is 1.75. The molecule has 3 nitrogen and oxygen atoms in total. The molecule has 0 aliphatic heterocycles. The number of aliphatic hydroxyl groups is 1. The summed E-state index contributed by atoms with van der Waals surface area (Å²) in [5, 5.41) is 10.6. The summed E-state index contributed by atoms with van der Waals surface area (Å²) in [6.45, 7) is 6.15. The van der Waals surface area contributed by atoms with Crippen molar-refractivity contribution in [3.63, 3.8) is 0 Å². The van der Waals surface area contributed by atoms with E-state index in [4.69, 9.17) is 4.74 Å². The van der Waals surface area contributed by atoms with Crippen LogP contribution in [-0.2, 0) is 13.1 Å². The van der Waals surface area contributed by atoms with Gasteiger partial charge in [-0.1, -0.05) is 30.3 Å². The van der Waals surface area contributed by atoms with E-state index >= 15 is 0 Å². The molecule has 0 spiro atoms. The van der Waals surface area contributed by atoms with Gasteiger partial charge in [0.2, 0.25) is 0 Å². The molecule has 0 radical (unpaired) electrons. The third-order valence-electron chi connectivity index (χ3n) is 4.49. The second kappa shape index (κ2) is 9.82. The monoisotopic (exact) mass is 399 g/mol. The third-order valence-corrected chi connectivity index (χ3v) is 5.47. The Labute approximate surface area is 170 Å². The number of hydrogen-bond donors (Lipinski definition) is 1. The number of nitrogens with zero attached hydrogens (tertiary/aromatic N) is 1. The number of thiophene rings is 1. The molecule has 5 heteroatoms. The first-order valence-corrected chi connectivity index (χ1v) is 10.2. The van der Waals surface area contributed by atoms with Crippen LogP contribution in [0.15, 0.2) is 60.7 Å². The molecule has 3 rings (SSSR count). The number of para-hydroxylation sites is 1. The Kier molecular flexibility index (Phi) is 7.20. The topological polar surface area (TPSA) is 32.7 Å². The molecule has 1 heterocycles. The van der Waals surface area contributed by atoms with Gasteiger partial charge in [0.25, 0.3) is 0 Å². The Balaban J connectivity index is 1.63. The van der Waals surface area contributed by atoms with E-state index in [-0.39, 0.29) is 12.4 Å². The van der Waals surface area contributed by atoms with E-state index in [1.807, 2.05) is 31.2 Å². The highest BCUT2D eigenvalue weighted by Gasteiger charge is 2.15. The molecule has 0 saturated carbocycles. The summed E-state index contributed by atoms with van der Waals surface area (Å²) in [4.78, 5) is 4.68. The molecule has 0 fully saturated rings. The highest BCUT2D eigenvalue weighted by atomic mass is 32.1. The minimum Gasteiger partial charge on any atom is -0.491 e. The fraction of sp³-hybridized carbons (Fsp3) is 0.304. The van der Waals surface area contributed by atoms with Crippen molar-refractivity contribution in [1.29, 1.82) is 0 Å². The van der Waals surface area contributed by atoms with Crippen molar-refractivity contribution in [3.8, 4) is 5.75 Å². The highest BCUT2D eigenvalue weighted by molar-refractivity contribution is 7.11. The van der Waals surface area contributed by atoms with Gasteiger partial charge in [0.1, 0.15) is 24.3 Å². The molecular formula is C23H26FNO2S. The molecule has 28 heavy (non-hydrogen) atoms. The van der Waals surface area contributed by atoms with E-state index in [1.54, 1.807) is 23.5 Å². The number of rotatable bonds is 9. The van der Waals surface area contributed by atoms with Gasteiger partial charge in [0, 0.05) is 29.4 Å². The lowest BCUT2D eigenvalue weighted by Crippen LogP contribution is -2.35. The van der Waals surface area contributed by atoms with Crippen LogP contribution in [0.5, 0.6) is 5.75 Å². The van der Waals surface area contributed by atoms with Crippen LogP contribution in [0.2, 0.25) is 0 Å². The average Bonchev–Trinajstić information content (AvgIpc) is 3.07. The second-order valence-corrected chi connectivity index (χ2v) is 8.41. The van der Waals surface area contributed by atoms with Crippen molar-refractivity contribution in [1.82, 2.24) is 4.90 Å². The number of aliphatic hydroxyl groups excluding tert-OH is 1. The Morgan fingerprint density at radius 3 is 2.43 bits per heavy atom. The summed E-state index contributed by atoms with van der Waals surface area (Å²) in [5.74, 6) is 0.552. The number of halogens is 1. The van der Waals surface area contributed by atoms with Gasteiger partial charge in [-0.05, 0) is 55.3 Å². The molecule has 0 amide bonds. The van der Waals surface area contributed by atoms with E-state index in [9.17, 15) is 9.50 Å². The van der Waals surface area contributed by atoms with Gasteiger partial charge in [-0.25, -0.2) is 4.39 Å². The Morgan fingerprint density at radius 2 is 1.75 bits per heavy atom. The van der Waals surface area contributed by atoms with Gasteiger partial charge < -0.3 is 9.84 Å². The Bertz CT molecular complexity index is 878. The zero-order valence-electron chi connectivity index (χ0n) is 16.3. The van der Waals surface area contributed by atoms with Gasteiger partial charge in [-0.2, -0.15) is 0 Å². The van der Waals surface area contributed by atoms with Gasteiger partial charge in [0.05, 0.1) is 0 Å². The third kappa shape index (κ3) is 6.16. The number of ether oxygens (including phenoxy) is 1. The summed E-state index contributed by atoms with van der Waals surface area (Å²) in [7, 11) is 0. The van der Waals surface area contributed by atoms with Crippen molar-refractivity contribution in [2.45, 2.75) is 33.0 Å². The standard InChI is InChI=1S/C23H26FNO2S/c1-17-5-3-4-6-23(17)27-16-21(26)14-25(15-22-12-7-18(2)28-22)13-19-8-10-20(24)11-9-19/h3-12,21,26H,13-16H2,1-2H3/t21-/m1/s1. The van der Waals surface area contributed by atoms with E-state index < -0.39 is 6.10 Å². The highest BCUT2D eigenvalue weighted by Crippen LogP contribution is 2.20. The lowest BCUT2D eigenvalue weighted by molar-refractivity contribution is 0.0630. The predicted molar refractivity (Wildman–Crippen MR) is 112 cm³/mol. The molecule has 3 aromatic rings. The zero-order valence-corrected chi connectivity index (χ0v) is 17.1. The molecule has 0 bridgehead atoms. The maximum Gasteiger partial charge on any atom is 0.123 e. The predicted octanol–water partition coefficient (Wildman–Crippen LogP) is 4.95. The second-order valence-electron chi connectivity index (χ2n) is 7.04. The first-order chi connectivity index (χ1) is 13.5. The average molecular weight is 400 g/mol. The fourth-order valence-corrected chi connectivity index (χ4v) is 4.01. The molecule has 1 aromatic heterocycles. The molecule has 0 unspecified atom stereocenters. The van der Waals surface area contributed by atoms with E-state index in [2.05, 4.69) is 24.0 Å². The maximum atomic E-state index is 13.2. The molecule has 0 aliphatic carbocycles. The molecule has 0 aliphatic rings. The van der Waals surface area contributed by atoms with Crippen molar-refractivity contribution in [2.24, 2.45) is 0 Å².